The third-order valence-corrected chi connectivity index (χ3v) is 6.03. The summed E-state index contributed by atoms with van der Waals surface area (Å²) in [4.78, 5) is 7.58. The molecule has 3 rings (SSSR count). The average molecular weight is 458 g/mol. The number of anilines is 1. The highest BCUT2D eigenvalue weighted by molar-refractivity contribution is 7.91. The Bertz CT molecular complexity index is 1160. The first-order valence-electron chi connectivity index (χ1n) is 8.86. The molecule has 166 valence electrons. The number of hydrogen-bond donors (Lipinski definition) is 2. The van der Waals surface area contributed by atoms with Crippen LogP contribution in [0.4, 0.5) is 18.9 Å². The molecule has 0 spiro atoms. The molecule has 0 aliphatic rings. The molecular formula is C18H17F3N4O5S. The lowest BCUT2D eigenvalue weighted by molar-refractivity contribution is -0.274. The molecule has 1 aromatic carbocycles. The topological polar surface area (TPSA) is 141 Å². The van der Waals surface area contributed by atoms with E-state index in [-0.39, 0.29) is 45.4 Å². The number of pyridine rings is 1. The van der Waals surface area contributed by atoms with Crippen LogP contribution < -0.4 is 10.5 Å². The maximum atomic E-state index is 12.8. The second-order valence-electron chi connectivity index (χ2n) is 6.38. The minimum absolute atomic E-state index is 0.0444. The van der Waals surface area contributed by atoms with E-state index < -0.39 is 21.9 Å². The molecule has 3 N–H and O–H groups in total. The Morgan fingerprint density at radius 1 is 1.23 bits per heavy atom. The summed E-state index contributed by atoms with van der Waals surface area (Å²) >= 11 is 0. The van der Waals surface area contributed by atoms with Crippen LogP contribution in [0.1, 0.15) is 25.1 Å². The van der Waals surface area contributed by atoms with Gasteiger partial charge in [0.2, 0.25) is 9.84 Å². The fraction of sp³-hybridized carbons (Fsp3) is 0.278. The highest BCUT2D eigenvalue weighted by atomic mass is 32.2. The van der Waals surface area contributed by atoms with Gasteiger partial charge in [0.1, 0.15) is 5.75 Å². The zero-order chi connectivity index (χ0) is 22.8. The van der Waals surface area contributed by atoms with Crippen molar-refractivity contribution in [3.63, 3.8) is 0 Å². The fourth-order valence-corrected chi connectivity index (χ4v) is 3.87. The first kappa shape index (κ1) is 22.5. The quantitative estimate of drug-likeness (QED) is 0.546. The molecule has 31 heavy (non-hydrogen) atoms. The predicted octanol–water partition coefficient (Wildman–Crippen LogP) is 2.93. The summed E-state index contributed by atoms with van der Waals surface area (Å²) in [6, 6.07) is 4.85. The van der Waals surface area contributed by atoms with Crippen LogP contribution in [0.15, 0.2) is 50.8 Å². The molecule has 13 heteroatoms. The van der Waals surface area contributed by atoms with Crippen LogP contribution in [0.5, 0.6) is 5.75 Å². The molecule has 0 radical (unpaired) electrons. The molecule has 0 bridgehead atoms. The Balaban J connectivity index is 1.88. The van der Waals surface area contributed by atoms with E-state index in [4.69, 9.17) is 10.3 Å². The minimum Gasteiger partial charge on any atom is -0.406 e. The van der Waals surface area contributed by atoms with Gasteiger partial charge < -0.3 is 20.1 Å². The number of alkyl halides is 3. The Morgan fingerprint density at radius 2 is 1.90 bits per heavy atom. The number of aromatic nitrogens is 3. The Kier molecular flexibility index (Phi) is 6.18. The molecule has 0 aliphatic carbocycles. The number of halogens is 3. The van der Waals surface area contributed by atoms with E-state index in [9.17, 15) is 26.7 Å². The van der Waals surface area contributed by atoms with E-state index in [1.807, 2.05) is 6.92 Å². The van der Waals surface area contributed by atoms with Crippen molar-refractivity contribution in [2.45, 2.75) is 35.4 Å². The Morgan fingerprint density at radius 3 is 2.45 bits per heavy atom. The van der Waals surface area contributed by atoms with Crippen molar-refractivity contribution in [2.75, 3.05) is 12.3 Å². The number of aliphatic hydroxyl groups is 1. The molecule has 1 atom stereocenters. The van der Waals surface area contributed by atoms with Crippen molar-refractivity contribution in [3.8, 4) is 17.3 Å². The fourth-order valence-electron chi connectivity index (χ4n) is 2.63. The number of rotatable bonds is 7. The molecule has 0 fully saturated rings. The maximum Gasteiger partial charge on any atom is 0.573 e. The number of nitrogen functional groups attached to an aromatic ring is 1. The molecular weight excluding hydrogens is 441 g/mol. The third-order valence-electron chi connectivity index (χ3n) is 4.29. The smallest absolute Gasteiger partial charge is 0.406 e. The van der Waals surface area contributed by atoms with Gasteiger partial charge in [0, 0.05) is 12.1 Å². The van der Waals surface area contributed by atoms with Crippen LogP contribution in [-0.2, 0) is 9.84 Å². The summed E-state index contributed by atoms with van der Waals surface area (Å²) in [5.41, 5.74) is 5.91. The molecule has 9 nitrogen and oxygen atoms in total. The van der Waals surface area contributed by atoms with E-state index in [0.29, 0.717) is 6.42 Å². The second-order valence-corrected chi connectivity index (χ2v) is 8.33. The average Bonchev–Trinajstić information content (AvgIpc) is 3.17. The predicted molar refractivity (Wildman–Crippen MR) is 101 cm³/mol. The van der Waals surface area contributed by atoms with Crippen LogP contribution >= 0.6 is 0 Å². The normalized spacial score (nSPS) is 13.2. The largest absolute Gasteiger partial charge is 0.573 e. The summed E-state index contributed by atoms with van der Waals surface area (Å²) in [6.45, 7) is 1.66. The van der Waals surface area contributed by atoms with Crippen LogP contribution in [0.25, 0.3) is 11.6 Å². The van der Waals surface area contributed by atoms with Gasteiger partial charge in [-0.25, -0.2) is 13.4 Å². The molecule has 0 saturated carbocycles. The van der Waals surface area contributed by atoms with Gasteiger partial charge in [-0.05, 0) is 36.8 Å². The molecule has 3 aromatic rings. The number of sulfone groups is 1. The van der Waals surface area contributed by atoms with Gasteiger partial charge >= 0.3 is 6.36 Å². The molecule has 0 aliphatic heterocycles. The van der Waals surface area contributed by atoms with Crippen molar-refractivity contribution in [1.29, 1.82) is 0 Å². The van der Waals surface area contributed by atoms with Gasteiger partial charge in [-0.2, -0.15) is 4.98 Å². The van der Waals surface area contributed by atoms with E-state index in [0.717, 1.165) is 36.5 Å². The number of ether oxygens (including phenoxy) is 1. The first-order chi connectivity index (χ1) is 14.5. The lowest BCUT2D eigenvalue weighted by atomic mass is 10.1. The highest BCUT2D eigenvalue weighted by Crippen LogP contribution is 2.30. The highest BCUT2D eigenvalue weighted by Gasteiger charge is 2.31. The van der Waals surface area contributed by atoms with Crippen molar-refractivity contribution < 1.29 is 36.0 Å². The maximum absolute atomic E-state index is 12.8. The Hall–Kier alpha value is -3.19. The molecule has 0 saturated heterocycles. The van der Waals surface area contributed by atoms with Crippen molar-refractivity contribution in [2.24, 2.45) is 0 Å². The number of aliphatic hydroxyl groups excluding tert-OH is 1. The van der Waals surface area contributed by atoms with Gasteiger partial charge in [-0.1, -0.05) is 12.1 Å². The van der Waals surface area contributed by atoms with E-state index in [1.165, 1.54) is 0 Å². The number of nitrogens with two attached hydrogens (primary N) is 1. The zero-order valence-electron chi connectivity index (χ0n) is 16.0. The SMILES string of the molecule is CCC(CO)c1noc(-c2ncc(S(=O)(=O)c3ccc(OC(F)(F)F)cc3)cc2N)n1. The van der Waals surface area contributed by atoms with E-state index >= 15 is 0 Å². The molecule has 0 amide bonds. The summed E-state index contributed by atoms with van der Waals surface area (Å²) in [7, 11) is -4.12. The Labute approximate surface area is 174 Å². The number of benzene rings is 1. The number of nitrogens with zero attached hydrogens (tertiary/aromatic N) is 3. The van der Waals surface area contributed by atoms with Gasteiger partial charge in [0.15, 0.2) is 11.5 Å². The third kappa shape index (κ3) is 4.94. The molecule has 2 aromatic heterocycles. The van der Waals surface area contributed by atoms with Crippen LogP contribution in [0, 0.1) is 0 Å². The van der Waals surface area contributed by atoms with Gasteiger partial charge in [-0.3, -0.25) is 0 Å². The molecule has 1 unspecified atom stereocenters. The summed E-state index contributed by atoms with van der Waals surface area (Å²) in [5.74, 6) is -0.668. The molecule has 2 heterocycles. The van der Waals surface area contributed by atoms with Crippen LogP contribution in [-0.4, -0.2) is 41.6 Å². The van der Waals surface area contributed by atoms with Crippen LogP contribution in [0.2, 0.25) is 0 Å². The summed E-state index contributed by atoms with van der Waals surface area (Å²) in [6.07, 6.45) is -3.30. The summed E-state index contributed by atoms with van der Waals surface area (Å²) in [5, 5.41) is 13.1. The minimum atomic E-state index is -4.89. The van der Waals surface area contributed by atoms with Crippen molar-refractivity contribution in [1.82, 2.24) is 15.1 Å². The lowest BCUT2D eigenvalue weighted by Gasteiger charge is -2.10. The van der Waals surface area contributed by atoms with Crippen molar-refractivity contribution >= 4 is 15.5 Å². The first-order valence-corrected chi connectivity index (χ1v) is 10.3. The monoisotopic (exact) mass is 458 g/mol. The van der Waals surface area contributed by atoms with Gasteiger partial charge in [0.05, 0.1) is 22.1 Å². The van der Waals surface area contributed by atoms with E-state index in [1.54, 1.807) is 0 Å². The second kappa shape index (κ2) is 8.51. The van der Waals surface area contributed by atoms with E-state index in [2.05, 4.69) is 19.9 Å². The van der Waals surface area contributed by atoms with Gasteiger partial charge in [-0.15, -0.1) is 13.2 Å². The lowest BCUT2D eigenvalue weighted by Crippen LogP contribution is -2.17. The zero-order valence-corrected chi connectivity index (χ0v) is 16.8. The number of hydrogen-bond acceptors (Lipinski definition) is 9. The van der Waals surface area contributed by atoms with Gasteiger partial charge in [0.25, 0.3) is 5.89 Å². The van der Waals surface area contributed by atoms with Crippen LogP contribution in [0.3, 0.4) is 0 Å². The van der Waals surface area contributed by atoms with Crippen molar-refractivity contribution in [3.05, 3.63) is 42.4 Å². The standard InChI is InChI=1S/C18H17F3N4O5S/c1-2-10(9-26)16-24-17(30-25-16)15-14(22)7-13(8-23-15)31(27,28)12-5-3-11(4-6-12)29-18(19,20)21/h3-8,10,26H,2,9,22H2,1H3. The summed E-state index contributed by atoms with van der Waals surface area (Å²) < 4.78 is 71.1.